The minimum absolute atomic E-state index is 0.237. The maximum Gasteiger partial charge on any atom is 0.427 e. The Morgan fingerprint density at radius 2 is 1.77 bits per heavy atom. The fraction of sp³-hybridized carbons (Fsp3) is 0.391. The number of rotatable bonds is 7. The Bertz CT molecular complexity index is 1390. The first kappa shape index (κ1) is 30.8. The average Bonchev–Trinajstić information content (AvgIpc) is 2.82. The summed E-state index contributed by atoms with van der Waals surface area (Å²) >= 11 is 0. The molecule has 220 valence electrons. The van der Waals surface area contributed by atoms with Crippen LogP contribution in [0.15, 0.2) is 47.4 Å². The molecule has 0 spiro atoms. The number of anilines is 2. The topological polar surface area (TPSA) is 142 Å². The summed E-state index contributed by atoms with van der Waals surface area (Å²) in [6, 6.07) is 5.93. The van der Waals surface area contributed by atoms with Crippen LogP contribution in [0.4, 0.5) is 42.5 Å². The second kappa shape index (κ2) is 10.7. The molecule has 1 aliphatic heterocycles. The number of alkyl halides is 6. The molecule has 0 radical (unpaired) electrons. The third kappa shape index (κ3) is 6.70. The van der Waals surface area contributed by atoms with Crippen LogP contribution in [0.25, 0.3) is 0 Å². The van der Waals surface area contributed by atoms with Gasteiger partial charge in [0.05, 0.1) is 22.7 Å². The predicted molar refractivity (Wildman–Crippen MR) is 125 cm³/mol. The zero-order chi connectivity index (χ0) is 30.3. The Labute approximate surface area is 223 Å². The van der Waals surface area contributed by atoms with Gasteiger partial charge in [0.15, 0.2) is 6.10 Å². The van der Waals surface area contributed by atoms with E-state index in [2.05, 4.69) is 4.74 Å². The summed E-state index contributed by atoms with van der Waals surface area (Å²) in [5, 5.41) is 20.8. The number of carboxylic acids is 1. The first-order chi connectivity index (χ1) is 18.2. The number of carbonyl (C=O) groups excluding carboxylic acids is 1. The maximum atomic E-state index is 13.5. The zero-order valence-electron chi connectivity index (χ0n) is 20.6. The van der Waals surface area contributed by atoms with Crippen molar-refractivity contribution in [2.75, 3.05) is 16.2 Å². The number of fused-ring (bicyclic) bond motifs is 1. The lowest BCUT2D eigenvalue weighted by molar-refractivity contribution is -0.242. The van der Waals surface area contributed by atoms with Crippen LogP contribution in [0.2, 0.25) is 0 Å². The van der Waals surface area contributed by atoms with E-state index in [1.165, 1.54) is 0 Å². The van der Waals surface area contributed by atoms with Gasteiger partial charge >= 0.3 is 24.4 Å². The molecule has 3 rings (SSSR count). The molecule has 0 saturated carbocycles. The van der Waals surface area contributed by atoms with Crippen molar-refractivity contribution in [3.63, 3.8) is 0 Å². The summed E-state index contributed by atoms with van der Waals surface area (Å²) in [5.74, 6) is -1.87. The van der Waals surface area contributed by atoms with Crippen molar-refractivity contribution in [2.45, 2.75) is 55.3 Å². The van der Waals surface area contributed by atoms with Crippen LogP contribution in [0.5, 0.6) is 5.75 Å². The molecule has 0 bridgehead atoms. The van der Waals surface area contributed by atoms with E-state index in [0.717, 1.165) is 30.3 Å². The van der Waals surface area contributed by atoms with Crippen molar-refractivity contribution in [1.29, 1.82) is 0 Å². The van der Waals surface area contributed by atoms with E-state index in [4.69, 9.17) is 9.84 Å². The van der Waals surface area contributed by atoms with Crippen LogP contribution >= 0.6 is 0 Å². The molecule has 2 atom stereocenters. The Balaban J connectivity index is 2.02. The maximum absolute atomic E-state index is 13.5. The van der Waals surface area contributed by atoms with Crippen molar-refractivity contribution in [3.8, 4) is 5.75 Å². The number of nitrogens with one attached hydrogen (secondary N) is 1. The SMILES string of the molecule is CC(C)(OC(=O)Nc1ccc2c(c1)N(S(=O)(=O)c1cccc(C(F)(F)F)c1)CC(CC(O)C(=O)O)O2)C(F)(F)F. The standard InChI is InChI=1S/C23H22F6N2O8S/c1-21(2,23(27,28)29)39-20(35)30-13-6-7-18-16(9-13)31(11-14(38-18)10-17(32)19(33)34)40(36,37)15-5-3-4-12(8-15)22(24,25)26/h3-9,14,17,32H,10-11H2,1-2H3,(H,30,35)(H,33,34). The van der Waals surface area contributed by atoms with Gasteiger partial charge in [0.25, 0.3) is 10.0 Å². The van der Waals surface area contributed by atoms with E-state index in [0.29, 0.717) is 30.3 Å². The second-order valence-electron chi connectivity index (χ2n) is 9.10. The number of halogens is 6. The first-order valence-electron chi connectivity index (χ1n) is 11.2. The zero-order valence-corrected chi connectivity index (χ0v) is 21.4. The highest BCUT2D eigenvalue weighted by Gasteiger charge is 2.51. The summed E-state index contributed by atoms with van der Waals surface area (Å²) in [6.07, 6.45) is -15.2. The molecule has 10 nitrogen and oxygen atoms in total. The highest BCUT2D eigenvalue weighted by molar-refractivity contribution is 7.92. The van der Waals surface area contributed by atoms with Crippen molar-refractivity contribution < 1.29 is 64.0 Å². The number of aliphatic hydroxyl groups excluding tert-OH is 1. The summed E-state index contributed by atoms with van der Waals surface area (Å²) in [7, 11) is -4.81. The average molecular weight is 600 g/mol. The minimum Gasteiger partial charge on any atom is -0.486 e. The van der Waals surface area contributed by atoms with Gasteiger partial charge in [0.2, 0.25) is 5.60 Å². The Morgan fingerprint density at radius 3 is 2.35 bits per heavy atom. The molecule has 1 heterocycles. The smallest absolute Gasteiger partial charge is 0.427 e. The molecule has 40 heavy (non-hydrogen) atoms. The van der Waals surface area contributed by atoms with Gasteiger partial charge in [-0.3, -0.25) is 9.62 Å². The molecule has 2 aromatic carbocycles. The number of amides is 1. The van der Waals surface area contributed by atoms with E-state index in [1.807, 2.05) is 5.32 Å². The number of carbonyl (C=O) groups is 2. The summed E-state index contributed by atoms with van der Waals surface area (Å²) in [5.41, 5.74) is -4.76. The molecule has 0 fully saturated rings. The molecule has 2 unspecified atom stereocenters. The van der Waals surface area contributed by atoms with E-state index in [1.54, 1.807) is 0 Å². The van der Waals surface area contributed by atoms with Crippen molar-refractivity contribution >= 4 is 33.5 Å². The lowest BCUT2D eigenvalue weighted by atomic mass is 10.1. The third-order valence-corrected chi connectivity index (χ3v) is 7.46. The molecule has 2 aromatic rings. The predicted octanol–water partition coefficient (Wildman–Crippen LogP) is 4.39. The van der Waals surface area contributed by atoms with Crippen molar-refractivity contribution in [3.05, 3.63) is 48.0 Å². The first-order valence-corrected chi connectivity index (χ1v) is 12.6. The van der Waals surface area contributed by atoms with Gasteiger partial charge in [-0.25, -0.2) is 18.0 Å². The van der Waals surface area contributed by atoms with Crippen LogP contribution in [0.1, 0.15) is 25.8 Å². The molecule has 0 aliphatic carbocycles. The largest absolute Gasteiger partial charge is 0.486 e. The summed E-state index contributed by atoms with van der Waals surface area (Å²) in [4.78, 5) is 22.4. The molecule has 17 heteroatoms. The van der Waals surface area contributed by atoms with Gasteiger partial charge in [-0.2, -0.15) is 26.3 Å². The van der Waals surface area contributed by atoms with Crippen LogP contribution in [-0.2, 0) is 25.7 Å². The highest BCUT2D eigenvalue weighted by Crippen LogP contribution is 2.41. The summed E-state index contributed by atoms with van der Waals surface area (Å²) < 4.78 is 117. The Hall–Kier alpha value is -3.73. The number of aliphatic carboxylic acids is 1. The minimum atomic E-state index is -4.92. The molecule has 1 aliphatic rings. The van der Waals surface area contributed by atoms with Gasteiger partial charge in [0.1, 0.15) is 11.9 Å². The monoisotopic (exact) mass is 600 g/mol. The van der Waals surface area contributed by atoms with Gasteiger partial charge in [-0.1, -0.05) is 6.07 Å². The van der Waals surface area contributed by atoms with Gasteiger partial charge in [-0.15, -0.1) is 0 Å². The second-order valence-corrected chi connectivity index (χ2v) is 11.0. The molecular weight excluding hydrogens is 578 g/mol. The van der Waals surface area contributed by atoms with Gasteiger partial charge in [0, 0.05) is 12.1 Å². The number of aliphatic hydroxyl groups is 1. The number of benzene rings is 2. The van der Waals surface area contributed by atoms with Crippen LogP contribution in [-0.4, -0.2) is 61.2 Å². The number of nitrogens with zero attached hydrogens (tertiary/aromatic N) is 1. The molecular formula is C23H22F6N2O8S. The normalized spacial score (nSPS) is 16.9. The molecule has 3 N–H and O–H groups in total. The fourth-order valence-electron chi connectivity index (χ4n) is 3.48. The van der Waals surface area contributed by atoms with Crippen LogP contribution in [0, 0.1) is 0 Å². The van der Waals surface area contributed by atoms with Gasteiger partial charge < -0.3 is 19.7 Å². The van der Waals surface area contributed by atoms with Crippen LogP contribution in [0.3, 0.4) is 0 Å². The number of hydrogen-bond donors (Lipinski definition) is 3. The van der Waals surface area contributed by atoms with Crippen molar-refractivity contribution in [2.24, 2.45) is 0 Å². The Kier molecular flexibility index (Phi) is 8.23. The van der Waals surface area contributed by atoms with Crippen molar-refractivity contribution in [1.82, 2.24) is 0 Å². The lowest BCUT2D eigenvalue weighted by Gasteiger charge is -2.36. The Morgan fingerprint density at radius 1 is 1.12 bits per heavy atom. The number of ether oxygens (including phenoxy) is 2. The molecule has 0 aromatic heterocycles. The number of hydrogen-bond acceptors (Lipinski definition) is 7. The van der Waals surface area contributed by atoms with E-state index in [9.17, 15) is 49.5 Å². The third-order valence-electron chi connectivity index (χ3n) is 5.69. The highest BCUT2D eigenvalue weighted by atomic mass is 32.2. The van der Waals surface area contributed by atoms with Gasteiger partial charge in [-0.05, 0) is 50.2 Å². The van der Waals surface area contributed by atoms with E-state index in [-0.39, 0.29) is 17.1 Å². The van der Waals surface area contributed by atoms with Crippen LogP contribution < -0.4 is 14.4 Å². The molecule has 1 amide bonds. The fourth-order valence-corrected chi connectivity index (χ4v) is 5.03. The number of sulfonamides is 1. The van der Waals surface area contributed by atoms with E-state index < -0.39 is 75.7 Å². The quantitative estimate of drug-likeness (QED) is 0.398. The molecule has 0 saturated heterocycles. The number of carboxylic acid groups (broad SMARTS) is 1. The van der Waals surface area contributed by atoms with E-state index >= 15 is 0 Å². The lowest BCUT2D eigenvalue weighted by Crippen LogP contribution is -2.45. The summed E-state index contributed by atoms with van der Waals surface area (Å²) in [6.45, 7) is 0.523.